The molecule has 6 heteroatoms. The zero-order chi connectivity index (χ0) is 12.6. The van der Waals surface area contributed by atoms with Crippen molar-refractivity contribution in [1.29, 1.82) is 0 Å². The summed E-state index contributed by atoms with van der Waals surface area (Å²) in [5.74, 6) is -0.811. The average molecular weight is 249 g/mol. The van der Waals surface area contributed by atoms with Crippen LogP contribution < -0.4 is 0 Å². The van der Waals surface area contributed by atoms with E-state index in [1.54, 1.807) is 11.9 Å². The number of carbonyl (C=O) groups excluding carboxylic acids is 1. The molecule has 0 aliphatic heterocycles. The SMILES string of the molecule is CC(C)OCCN(C)C(=O)CSCC(=O)O. The fourth-order valence-electron chi connectivity index (χ4n) is 0.886. The second-order valence-electron chi connectivity index (χ2n) is 3.62. The van der Waals surface area contributed by atoms with Gasteiger partial charge in [-0.3, -0.25) is 9.59 Å². The molecule has 0 unspecified atom stereocenters. The summed E-state index contributed by atoms with van der Waals surface area (Å²) in [6.07, 6.45) is 0.157. The minimum absolute atomic E-state index is 0.0396. The third-order valence-electron chi connectivity index (χ3n) is 1.75. The molecular weight excluding hydrogens is 230 g/mol. The molecule has 0 radical (unpaired) electrons. The summed E-state index contributed by atoms with van der Waals surface area (Å²) in [7, 11) is 1.69. The van der Waals surface area contributed by atoms with Gasteiger partial charge in [-0.25, -0.2) is 0 Å². The minimum Gasteiger partial charge on any atom is -0.481 e. The Morgan fingerprint density at radius 2 is 2.00 bits per heavy atom. The van der Waals surface area contributed by atoms with Crippen molar-refractivity contribution in [2.75, 3.05) is 31.7 Å². The molecule has 0 atom stereocenters. The first kappa shape index (κ1) is 15.2. The van der Waals surface area contributed by atoms with E-state index >= 15 is 0 Å². The van der Waals surface area contributed by atoms with Gasteiger partial charge in [-0.05, 0) is 13.8 Å². The summed E-state index contributed by atoms with van der Waals surface area (Å²) >= 11 is 1.11. The lowest BCUT2D eigenvalue weighted by molar-refractivity contribution is -0.133. The first-order valence-electron chi connectivity index (χ1n) is 5.08. The zero-order valence-corrected chi connectivity index (χ0v) is 10.7. The number of nitrogens with zero attached hydrogens (tertiary/aromatic N) is 1. The van der Waals surface area contributed by atoms with Gasteiger partial charge in [0.1, 0.15) is 0 Å². The lowest BCUT2D eigenvalue weighted by Gasteiger charge is -2.17. The molecule has 94 valence electrons. The summed E-state index contributed by atoms with van der Waals surface area (Å²) in [5.41, 5.74) is 0. The number of carbonyl (C=O) groups is 2. The number of rotatable bonds is 8. The Bertz CT molecular complexity index is 233. The van der Waals surface area contributed by atoms with Gasteiger partial charge in [0.2, 0.25) is 5.91 Å². The predicted octanol–water partition coefficient (Wildman–Crippen LogP) is 0.688. The zero-order valence-electron chi connectivity index (χ0n) is 9.93. The van der Waals surface area contributed by atoms with Crippen LogP contribution in [0.4, 0.5) is 0 Å². The Balaban J connectivity index is 3.61. The number of carboxylic acid groups (broad SMARTS) is 1. The number of ether oxygens (including phenoxy) is 1. The van der Waals surface area contributed by atoms with Crippen molar-refractivity contribution in [3.05, 3.63) is 0 Å². The number of likely N-dealkylation sites (N-methyl/N-ethyl adjacent to an activating group) is 1. The topological polar surface area (TPSA) is 66.8 Å². The number of aliphatic carboxylic acids is 1. The van der Waals surface area contributed by atoms with Crippen LogP contribution >= 0.6 is 11.8 Å². The Morgan fingerprint density at radius 1 is 1.38 bits per heavy atom. The number of carboxylic acids is 1. The molecule has 0 heterocycles. The van der Waals surface area contributed by atoms with Gasteiger partial charge in [0.15, 0.2) is 0 Å². The van der Waals surface area contributed by atoms with Crippen LogP contribution in [0.5, 0.6) is 0 Å². The van der Waals surface area contributed by atoms with Gasteiger partial charge in [-0.2, -0.15) is 0 Å². The van der Waals surface area contributed by atoms with Gasteiger partial charge in [0.05, 0.1) is 24.2 Å². The Kier molecular flexibility index (Phi) is 8.01. The Morgan fingerprint density at radius 3 is 2.50 bits per heavy atom. The standard InChI is InChI=1S/C10H19NO4S/c1-8(2)15-5-4-11(3)9(12)6-16-7-10(13)14/h8H,4-7H2,1-3H3,(H,13,14). The third-order valence-corrected chi connectivity index (χ3v) is 2.66. The first-order valence-corrected chi connectivity index (χ1v) is 6.24. The molecule has 0 fully saturated rings. The van der Waals surface area contributed by atoms with E-state index in [4.69, 9.17) is 9.84 Å². The number of hydrogen-bond acceptors (Lipinski definition) is 4. The predicted molar refractivity (Wildman–Crippen MR) is 63.7 cm³/mol. The normalized spacial score (nSPS) is 10.5. The lowest BCUT2D eigenvalue weighted by Crippen LogP contribution is -2.32. The second kappa shape index (κ2) is 8.41. The maximum absolute atomic E-state index is 11.5. The maximum atomic E-state index is 11.5. The van der Waals surface area contributed by atoms with Crippen LogP contribution in [0.15, 0.2) is 0 Å². The second-order valence-corrected chi connectivity index (χ2v) is 4.61. The number of amides is 1. The summed E-state index contributed by atoms with van der Waals surface area (Å²) in [4.78, 5) is 23.2. The molecule has 0 spiro atoms. The van der Waals surface area contributed by atoms with E-state index in [1.165, 1.54) is 0 Å². The molecule has 0 aliphatic carbocycles. The van der Waals surface area contributed by atoms with E-state index in [9.17, 15) is 9.59 Å². The molecule has 1 N–H and O–H groups in total. The molecule has 0 saturated carbocycles. The van der Waals surface area contributed by atoms with Crippen molar-refractivity contribution < 1.29 is 19.4 Å². The fraction of sp³-hybridized carbons (Fsp3) is 0.800. The van der Waals surface area contributed by atoms with E-state index in [1.807, 2.05) is 13.8 Å². The Labute approximate surface area is 100 Å². The van der Waals surface area contributed by atoms with E-state index in [-0.39, 0.29) is 23.5 Å². The highest BCUT2D eigenvalue weighted by atomic mass is 32.2. The minimum atomic E-state index is -0.899. The van der Waals surface area contributed by atoms with Gasteiger partial charge in [-0.1, -0.05) is 0 Å². The van der Waals surface area contributed by atoms with E-state index in [0.717, 1.165) is 11.8 Å². The van der Waals surface area contributed by atoms with Gasteiger partial charge >= 0.3 is 5.97 Å². The number of thioether (sulfide) groups is 1. The van der Waals surface area contributed by atoms with Crippen molar-refractivity contribution in [3.63, 3.8) is 0 Å². The van der Waals surface area contributed by atoms with E-state index in [2.05, 4.69) is 0 Å². The maximum Gasteiger partial charge on any atom is 0.313 e. The van der Waals surface area contributed by atoms with Crippen LogP contribution in [-0.4, -0.2) is 59.7 Å². The molecule has 16 heavy (non-hydrogen) atoms. The van der Waals surface area contributed by atoms with Gasteiger partial charge in [0, 0.05) is 13.6 Å². The van der Waals surface area contributed by atoms with Crippen molar-refractivity contribution in [1.82, 2.24) is 4.90 Å². The molecular formula is C10H19NO4S. The summed E-state index contributed by atoms with van der Waals surface area (Å²) in [6.45, 7) is 4.91. The first-order chi connectivity index (χ1) is 7.43. The fourth-order valence-corrected chi connectivity index (χ4v) is 1.56. The van der Waals surface area contributed by atoms with Crippen molar-refractivity contribution >= 4 is 23.6 Å². The summed E-state index contributed by atoms with van der Waals surface area (Å²) in [5, 5.41) is 8.40. The molecule has 0 aromatic heterocycles. The molecule has 0 aromatic carbocycles. The summed E-state index contributed by atoms with van der Waals surface area (Å²) in [6, 6.07) is 0. The van der Waals surface area contributed by atoms with Gasteiger partial charge in [0.25, 0.3) is 0 Å². The highest BCUT2D eigenvalue weighted by Gasteiger charge is 2.09. The van der Waals surface area contributed by atoms with E-state index < -0.39 is 5.97 Å². The molecule has 0 rings (SSSR count). The number of hydrogen-bond donors (Lipinski definition) is 1. The monoisotopic (exact) mass is 249 g/mol. The molecule has 1 amide bonds. The highest BCUT2D eigenvalue weighted by Crippen LogP contribution is 2.01. The quantitative estimate of drug-likeness (QED) is 0.685. The van der Waals surface area contributed by atoms with Crippen LogP contribution in [-0.2, 0) is 14.3 Å². The molecule has 0 bridgehead atoms. The van der Waals surface area contributed by atoms with Crippen LogP contribution in [0, 0.1) is 0 Å². The van der Waals surface area contributed by atoms with Crippen LogP contribution in [0.25, 0.3) is 0 Å². The lowest BCUT2D eigenvalue weighted by atomic mass is 10.5. The van der Waals surface area contributed by atoms with Crippen LogP contribution in [0.3, 0.4) is 0 Å². The highest BCUT2D eigenvalue weighted by molar-refractivity contribution is 8.00. The van der Waals surface area contributed by atoms with Crippen LogP contribution in [0.1, 0.15) is 13.8 Å². The summed E-state index contributed by atoms with van der Waals surface area (Å²) < 4.78 is 5.31. The molecule has 5 nitrogen and oxygen atoms in total. The smallest absolute Gasteiger partial charge is 0.313 e. The van der Waals surface area contributed by atoms with Gasteiger partial charge < -0.3 is 14.7 Å². The van der Waals surface area contributed by atoms with Crippen molar-refractivity contribution in [2.24, 2.45) is 0 Å². The molecule has 0 aromatic rings. The van der Waals surface area contributed by atoms with Crippen LogP contribution in [0.2, 0.25) is 0 Å². The van der Waals surface area contributed by atoms with Crippen molar-refractivity contribution in [3.8, 4) is 0 Å². The Hall–Kier alpha value is -0.750. The third kappa shape index (κ3) is 8.55. The average Bonchev–Trinajstić information content (AvgIpc) is 2.16. The molecule has 0 aliphatic rings. The van der Waals surface area contributed by atoms with Gasteiger partial charge in [-0.15, -0.1) is 11.8 Å². The van der Waals surface area contributed by atoms with Crippen molar-refractivity contribution in [2.45, 2.75) is 20.0 Å². The largest absolute Gasteiger partial charge is 0.481 e. The molecule has 0 saturated heterocycles. The van der Waals surface area contributed by atoms with E-state index in [0.29, 0.717) is 13.2 Å².